The number of amides is 2. The molecule has 166 valence electrons. The average molecular weight is 428 g/mol. The van der Waals surface area contributed by atoms with Crippen LogP contribution < -0.4 is 24.7 Å². The monoisotopic (exact) mass is 428 g/mol. The van der Waals surface area contributed by atoms with Crippen LogP contribution in [-0.4, -0.2) is 50.6 Å². The number of primary amides is 1. The van der Waals surface area contributed by atoms with Crippen LogP contribution in [0.3, 0.4) is 0 Å². The fraction of sp³-hybridized carbons (Fsp3) is 0.391. The van der Waals surface area contributed by atoms with Crippen LogP contribution in [0.1, 0.15) is 25.8 Å². The predicted octanol–water partition coefficient (Wildman–Crippen LogP) is 2.87. The molecule has 3 rings (SSSR count). The Morgan fingerprint density at radius 2 is 1.61 bits per heavy atom. The van der Waals surface area contributed by atoms with E-state index in [0.717, 1.165) is 5.56 Å². The Balaban J connectivity index is 1.81. The Morgan fingerprint density at radius 1 is 1.03 bits per heavy atom. The highest BCUT2D eigenvalue weighted by molar-refractivity contribution is 5.94. The van der Waals surface area contributed by atoms with Gasteiger partial charge in [0.25, 0.3) is 0 Å². The van der Waals surface area contributed by atoms with Crippen molar-refractivity contribution in [2.45, 2.75) is 31.7 Å². The minimum Gasteiger partial charge on any atom is -0.493 e. The molecule has 0 aromatic heterocycles. The van der Waals surface area contributed by atoms with Crippen molar-refractivity contribution in [2.75, 3.05) is 27.9 Å². The maximum absolute atomic E-state index is 13.0. The molecule has 8 heteroatoms. The van der Waals surface area contributed by atoms with Crippen LogP contribution >= 0.6 is 0 Å². The Morgan fingerprint density at radius 3 is 2.10 bits per heavy atom. The molecule has 0 aliphatic carbocycles. The molecular weight excluding hydrogens is 400 g/mol. The van der Waals surface area contributed by atoms with Gasteiger partial charge in [-0.15, -0.1) is 0 Å². The van der Waals surface area contributed by atoms with Gasteiger partial charge in [0.15, 0.2) is 11.5 Å². The molecule has 0 bridgehead atoms. The average Bonchev–Trinajstić information content (AvgIpc) is 3.08. The first kappa shape index (κ1) is 22.3. The lowest BCUT2D eigenvalue weighted by molar-refractivity contribution is -0.138. The second kappa shape index (κ2) is 8.75. The van der Waals surface area contributed by atoms with E-state index >= 15 is 0 Å². The Kier molecular flexibility index (Phi) is 6.29. The van der Waals surface area contributed by atoms with E-state index in [1.807, 2.05) is 19.1 Å². The van der Waals surface area contributed by atoms with E-state index < -0.39 is 17.4 Å². The smallest absolute Gasteiger partial charge is 0.239 e. The third-order valence-corrected chi connectivity index (χ3v) is 5.83. The summed E-state index contributed by atoms with van der Waals surface area (Å²) >= 11 is 0. The number of ether oxygens (including phenoxy) is 4. The predicted molar refractivity (Wildman–Crippen MR) is 115 cm³/mol. The summed E-state index contributed by atoms with van der Waals surface area (Å²) in [6.45, 7) is 4.03. The first-order valence-electron chi connectivity index (χ1n) is 9.94. The van der Waals surface area contributed by atoms with Crippen LogP contribution in [-0.2, 0) is 15.0 Å². The van der Waals surface area contributed by atoms with E-state index in [4.69, 9.17) is 24.7 Å². The highest BCUT2D eigenvalue weighted by Crippen LogP contribution is 2.42. The zero-order chi connectivity index (χ0) is 22.8. The lowest BCUT2D eigenvalue weighted by Gasteiger charge is -2.26. The van der Waals surface area contributed by atoms with Crippen molar-refractivity contribution >= 4 is 11.8 Å². The molecule has 0 saturated carbocycles. The second-order valence-electron chi connectivity index (χ2n) is 7.65. The van der Waals surface area contributed by atoms with Crippen molar-refractivity contribution in [1.29, 1.82) is 0 Å². The van der Waals surface area contributed by atoms with Crippen molar-refractivity contribution in [3.63, 3.8) is 0 Å². The van der Waals surface area contributed by atoms with Crippen LogP contribution in [0.15, 0.2) is 36.4 Å². The molecule has 0 radical (unpaired) electrons. The molecule has 1 aliphatic rings. The number of methoxy groups -OCH3 is 3. The number of carbonyl (C=O) groups excluding carboxylic acids is 2. The number of nitrogens with two attached hydrogens (primary N) is 1. The molecule has 2 N–H and O–H groups in total. The molecule has 2 aromatic carbocycles. The molecule has 2 aromatic rings. The van der Waals surface area contributed by atoms with Gasteiger partial charge in [-0.3, -0.25) is 9.59 Å². The summed E-state index contributed by atoms with van der Waals surface area (Å²) in [5, 5.41) is 0. The molecule has 2 atom stereocenters. The van der Waals surface area contributed by atoms with Gasteiger partial charge in [-0.2, -0.15) is 0 Å². The number of benzene rings is 2. The van der Waals surface area contributed by atoms with Crippen molar-refractivity contribution < 1.29 is 28.5 Å². The standard InChI is InChI=1S/C23H28N2O6/c1-14(21(24)26)25-11-10-23(2,22(25)27)15-6-8-16(9-7-15)31-17-12-18(28-3)20(30-5)19(13-17)29-4/h6-9,12-14H,10-11H2,1-5H3,(H2,24,26). The quantitative estimate of drug-likeness (QED) is 0.694. The van der Waals surface area contributed by atoms with E-state index in [1.54, 1.807) is 36.1 Å². The fourth-order valence-corrected chi connectivity index (χ4v) is 3.80. The molecule has 0 spiro atoms. The molecule has 1 fully saturated rings. The van der Waals surface area contributed by atoms with E-state index in [1.165, 1.54) is 21.3 Å². The van der Waals surface area contributed by atoms with Gasteiger partial charge in [-0.05, 0) is 38.0 Å². The third kappa shape index (κ3) is 4.10. The Bertz CT molecular complexity index is 950. The summed E-state index contributed by atoms with van der Waals surface area (Å²) in [6, 6.07) is 10.1. The summed E-state index contributed by atoms with van der Waals surface area (Å²) in [5.41, 5.74) is 5.52. The first-order valence-corrected chi connectivity index (χ1v) is 9.94. The van der Waals surface area contributed by atoms with Crippen molar-refractivity contribution in [2.24, 2.45) is 5.73 Å². The van der Waals surface area contributed by atoms with Crippen LogP contribution in [0.5, 0.6) is 28.7 Å². The van der Waals surface area contributed by atoms with E-state index in [-0.39, 0.29) is 5.91 Å². The summed E-state index contributed by atoms with van der Waals surface area (Å²) in [6.07, 6.45) is 0.608. The number of rotatable bonds is 8. The van der Waals surface area contributed by atoms with E-state index in [2.05, 4.69) is 0 Å². The molecule has 2 unspecified atom stereocenters. The highest BCUT2D eigenvalue weighted by Gasteiger charge is 2.46. The lowest BCUT2D eigenvalue weighted by Crippen LogP contribution is -2.46. The minimum atomic E-state index is -0.713. The maximum atomic E-state index is 13.0. The van der Waals surface area contributed by atoms with Crippen molar-refractivity contribution in [1.82, 2.24) is 4.90 Å². The summed E-state index contributed by atoms with van der Waals surface area (Å²) in [5.74, 6) is 1.96. The van der Waals surface area contributed by atoms with Crippen LogP contribution in [0.2, 0.25) is 0 Å². The molecule has 31 heavy (non-hydrogen) atoms. The minimum absolute atomic E-state index is 0.0999. The zero-order valence-electron chi connectivity index (χ0n) is 18.4. The van der Waals surface area contributed by atoms with Gasteiger partial charge in [-0.25, -0.2) is 0 Å². The Labute approximate surface area is 181 Å². The normalized spacial score (nSPS) is 19.1. The topological polar surface area (TPSA) is 100 Å². The SMILES string of the molecule is COc1cc(Oc2ccc(C3(C)CCN(C(C)C(N)=O)C3=O)cc2)cc(OC)c1OC. The summed E-state index contributed by atoms with van der Waals surface area (Å²) < 4.78 is 22.0. The van der Waals surface area contributed by atoms with Crippen LogP contribution in [0.25, 0.3) is 0 Å². The number of likely N-dealkylation sites (tertiary alicyclic amines) is 1. The van der Waals surface area contributed by atoms with Crippen LogP contribution in [0.4, 0.5) is 0 Å². The van der Waals surface area contributed by atoms with E-state index in [9.17, 15) is 9.59 Å². The molecule has 8 nitrogen and oxygen atoms in total. The largest absolute Gasteiger partial charge is 0.493 e. The fourth-order valence-electron chi connectivity index (χ4n) is 3.80. The molecule has 1 saturated heterocycles. The van der Waals surface area contributed by atoms with Gasteiger partial charge >= 0.3 is 0 Å². The highest BCUT2D eigenvalue weighted by atomic mass is 16.5. The van der Waals surface area contributed by atoms with Gasteiger partial charge in [-0.1, -0.05) is 12.1 Å². The maximum Gasteiger partial charge on any atom is 0.239 e. The molecule has 1 heterocycles. The van der Waals surface area contributed by atoms with Gasteiger partial charge in [0.2, 0.25) is 17.6 Å². The van der Waals surface area contributed by atoms with Gasteiger partial charge in [0.05, 0.1) is 26.7 Å². The number of hydrogen-bond acceptors (Lipinski definition) is 6. The molecule has 1 aliphatic heterocycles. The molecule has 2 amide bonds. The van der Waals surface area contributed by atoms with Crippen molar-refractivity contribution in [3.05, 3.63) is 42.0 Å². The zero-order valence-corrected chi connectivity index (χ0v) is 18.4. The van der Waals surface area contributed by atoms with Crippen molar-refractivity contribution in [3.8, 4) is 28.7 Å². The second-order valence-corrected chi connectivity index (χ2v) is 7.65. The lowest BCUT2D eigenvalue weighted by atomic mass is 9.81. The Hall–Kier alpha value is -3.42. The number of nitrogens with zero attached hydrogens (tertiary/aromatic N) is 1. The summed E-state index contributed by atoms with van der Waals surface area (Å²) in [4.78, 5) is 26.1. The first-order chi connectivity index (χ1) is 14.7. The van der Waals surface area contributed by atoms with Gasteiger partial charge in [0.1, 0.15) is 17.5 Å². The van der Waals surface area contributed by atoms with E-state index in [0.29, 0.717) is 41.7 Å². The van der Waals surface area contributed by atoms with Gasteiger partial charge < -0.3 is 29.6 Å². The van der Waals surface area contributed by atoms with Crippen LogP contribution in [0, 0.1) is 0 Å². The number of hydrogen-bond donors (Lipinski definition) is 1. The number of carbonyl (C=O) groups is 2. The van der Waals surface area contributed by atoms with Gasteiger partial charge in [0, 0.05) is 18.7 Å². The summed E-state index contributed by atoms with van der Waals surface area (Å²) in [7, 11) is 4.62. The third-order valence-electron chi connectivity index (χ3n) is 5.83. The molecular formula is C23H28N2O6.